The lowest BCUT2D eigenvalue weighted by Gasteiger charge is -2.18. The zero-order chi connectivity index (χ0) is 17.0. The summed E-state index contributed by atoms with van der Waals surface area (Å²) < 4.78 is 18.4. The van der Waals surface area contributed by atoms with Gasteiger partial charge < -0.3 is 10.1 Å². The number of aryl methyl sites for hydroxylation is 2. The summed E-state index contributed by atoms with van der Waals surface area (Å²) in [5.74, 6) is -0.102. The second kappa shape index (κ2) is 7.26. The Kier molecular flexibility index (Phi) is 5.36. The van der Waals surface area contributed by atoms with E-state index in [4.69, 9.17) is 4.74 Å². The molecule has 0 spiro atoms. The van der Waals surface area contributed by atoms with Crippen molar-refractivity contribution in [3.8, 4) is 5.75 Å². The van der Waals surface area contributed by atoms with Crippen molar-refractivity contribution in [2.24, 2.45) is 0 Å². The highest BCUT2D eigenvalue weighted by molar-refractivity contribution is 5.84. The zero-order valence-corrected chi connectivity index (χ0v) is 13.8. The number of carbonyl (C=O) groups is 1. The van der Waals surface area contributed by atoms with E-state index < -0.39 is 0 Å². The Hall–Kier alpha value is -2.37. The molecule has 0 bridgehead atoms. The predicted molar refractivity (Wildman–Crippen MR) is 86.0 cm³/mol. The SMILES string of the molecule is Cc1n[nH]c(C)c1[C@@H](C)C(=O)N[C@H](C)COc1ccc(F)cc1. The highest BCUT2D eigenvalue weighted by atomic mass is 19.1. The number of hydrogen-bond donors (Lipinski definition) is 2. The maximum Gasteiger partial charge on any atom is 0.227 e. The fourth-order valence-corrected chi connectivity index (χ4v) is 2.49. The number of H-pyrrole nitrogens is 1. The minimum atomic E-state index is -0.307. The molecule has 124 valence electrons. The Labute approximate surface area is 135 Å². The zero-order valence-electron chi connectivity index (χ0n) is 13.8. The van der Waals surface area contributed by atoms with Gasteiger partial charge in [0.05, 0.1) is 17.7 Å². The maximum absolute atomic E-state index is 12.8. The van der Waals surface area contributed by atoms with Gasteiger partial charge in [0.25, 0.3) is 0 Å². The first kappa shape index (κ1) is 17.0. The third-order valence-electron chi connectivity index (χ3n) is 3.71. The molecule has 6 heteroatoms. The van der Waals surface area contributed by atoms with Crippen LogP contribution in [0.1, 0.15) is 36.7 Å². The summed E-state index contributed by atoms with van der Waals surface area (Å²) in [5, 5.41) is 9.94. The molecule has 1 aromatic heterocycles. The number of hydrogen-bond acceptors (Lipinski definition) is 3. The van der Waals surface area contributed by atoms with Crippen LogP contribution in [0.5, 0.6) is 5.75 Å². The highest BCUT2D eigenvalue weighted by Gasteiger charge is 2.22. The molecule has 0 saturated heterocycles. The van der Waals surface area contributed by atoms with Crippen LogP contribution in [0.25, 0.3) is 0 Å². The van der Waals surface area contributed by atoms with Crippen molar-refractivity contribution in [3.05, 3.63) is 47.0 Å². The molecule has 2 atom stereocenters. The molecule has 0 unspecified atom stereocenters. The molecular weight excluding hydrogens is 297 g/mol. The molecule has 1 aromatic carbocycles. The van der Waals surface area contributed by atoms with Crippen LogP contribution < -0.4 is 10.1 Å². The molecule has 23 heavy (non-hydrogen) atoms. The largest absolute Gasteiger partial charge is 0.491 e. The fourth-order valence-electron chi connectivity index (χ4n) is 2.49. The van der Waals surface area contributed by atoms with Gasteiger partial charge in [0.15, 0.2) is 0 Å². The highest BCUT2D eigenvalue weighted by Crippen LogP contribution is 2.21. The topological polar surface area (TPSA) is 67.0 Å². The minimum Gasteiger partial charge on any atom is -0.491 e. The summed E-state index contributed by atoms with van der Waals surface area (Å²) in [6.45, 7) is 7.81. The van der Waals surface area contributed by atoms with Gasteiger partial charge >= 0.3 is 0 Å². The number of carbonyl (C=O) groups excluding carboxylic acids is 1. The van der Waals surface area contributed by atoms with E-state index in [0.717, 1.165) is 17.0 Å². The fraction of sp³-hybridized carbons (Fsp3) is 0.412. The van der Waals surface area contributed by atoms with E-state index >= 15 is 0 Å². The van der Waals surface area contributed by atoms with Gasteiger partial charge in [0.2, 0.25) is 5.91 Å². The molecule has 2 rings (SSSR count). The smallest absolute Gasteiger partial charge is 0.227 e. The average molecular weight is 319 g/mol. The summed E-state index contributed by atoms with van der Waals surface area (Å²) >= 11 is 0. The molecular formula is C17H22FN3O2. The van der Waals surface area contributed by atoms with Crippen molar-refractivity contribution < 1.29 is 13.9 Å². The second-order valence-corrected chi connectivity index (χ2v) is 5.74. The summed E-state index contributed by atoms with van der Waals surface area (Å²) in [6, 6.07) is 5.63. The van der Waals surface area contributed by atoms with Gasteiger partial charge in [0, 0.05) is 11.3 Å². The third kappa shape index (κ3) is 4.31. The molecule has 5 nitrogen and oxygen atoms in total. The van der Waals surface area contributed by atoms with E-state index in [2.05, 4.69) is 15.5 Å². The summed E-state index contributed by atoms with van der Waals surface area (Å²) in [7, 11) is 0. The van der Waals surface area contributed by atoms with Gasteiger partial charge in [-0.15, -0.1) is 0 Å². The lowest BCUT2D eigenvalue weighted by molar-refractivity contribution is -0.123. The summed E-state index contributed by atoms with van der Waals surface area (Å²) in [4.78, 5) is 12.4. The summed E-state index contributed by atoms with van der Waals surface area (Å²) in [5.41, 5.74) is 2.66. The lowest BCUT2D eigenvalue weighted by atomic mass is 9.98. The Morgan fingerprint density at radius 2 is 1.96 bits per heavy atom. The van der Waals surface area contributed by atoms with Gasteiger partial charge in [0.1, 0.15) is 18.2 Å². The molecule has 0 aliphatic heterocycles. The molecule has 0 saturated carbocycles. The van der Waals surface area contributed by atoms with Crippen LogP contribution >= 0.6 is 0 Å². The molecule has 2 N–H and O–H groups in total. The van der Waals surface area contributed by atoms with Crippen LogP contribution in [0.15, 0.2) is 24.3 Å². The van der Waals surface area contributed by atoms with E-state index in [1.54, 1.807) is 12.1 Å². The van der Waals surface area contributed by atoms with E-state index in [-0.39, 0.29) is 23.7 Å². The van der Waals surface area contributed by atoms with Crippen molar-refractivity contribution in [2.75, 3.05) is 6.61 Å². The molecule has 0 aliphatic rings. The summed E-state index contributed by atoms with van der Waals surface area (Å²) in [6.07, 6.45) is 0. The molecule has 0 aliphatic carbocycles. The van der Waals surface area contributed by atoms with Crippen LogP contribution in [0.4, 0.5) is 4.39 Å². The van der Waals surface area contributed by atoms with E-state index in [0.29, 0.717) is 12.4 Å². The Bertz CT molecular complexity index is 647. The molecule has 0 fully saturated rings. The monoisotopic (exact) mass is 319 g/mol. The van der Waals surface area contributed by atoms with Crippen LogP contribution in [-0.4, -0.2) is 28.8 Å². The maximum atomic E-state index is 12.8. The van der Waals surface area contributed by atoms with Crippen LogP contribution in [0, 0.1) is 19.7 Å². The Morgan fingerprint density at radius 1 is 1.30 bits per heavy atom. The number of benzene rings is 1. The number of nitrogens with zero attached hydrogens (tertiary/aromatic N) is 1. The Balaban J connectivity index is 1.88. The van der Waals surface area contributed by atoms with Crippen molar-refractivity contribution in [1.29, 1.82) is 0 Å². The Morgan fingerprint density at radius 3 is 2.52 bits per heavy atom. The molecule has 1 heterocycles. The minimum absolute atomic E-state index is 0.0761. The van der Waals surface area contributed by atoms with Crippen LogP contribution in [0.3, 0.4) is 0 Å². The van der Waals surface area contributed by atoms with Crippen molar-refractivity contribution in [3.63, 3.8) is 0 Å². The quantitative estimate of drug-likeness (QED) is 0.860. The van der Waals surface area contributed by atoms with Gasteiger partial charge in [-0.1, -0.05) is 0 Å². The number of aromatic amines is 1. The van der Waals surface area contributed by atoms with E-state index in [9.17, 15) is 9.18 Å². The number of nitrogens with one attached hydrogen (secondary N) is 2. The number of ether oxygens (including phenoxy) is 1. The van der Waals surface area contributed by atoms with Crippen LogP contribution in [-0.2, 0) is 4.79 Å². The van der Waals surface area contributed by atoms with Gasteiger partial charge in [-0.05, 0) is 52.0 Å². The number of amides is 1. The van der Waals surface area contributed by atoms with Crippen molar-refractivity contribution in [2.45, 2.75) is 39.7 Å². The van der Waals surface area contributed by atoms with Gasteiger partial charge in [-0.25, -0.2) is 4.39 Å². The first-order valence-corrected chi connectivity index (χ1v) is 7.58. The molecule has 2 aromatic rings. The first-order valence-electron chi connectivity index (χ1n) is 7.58. The number of aromatic nitrogens is 2. The van der Waals surface area contributed by atoms with E-state index in [1.165, 1.54) is 12.1 Å². The average Bonchev–Trinajstić information content (AvgIpc) is 2.85. The molecule has 0 radical (unpaired) electrons. The van der Waals surface area contributed by atoms with E-state index in [1.807, 2.05) is 27.7 Å². The third-order valence-corrected chi connectivity index (χ3v) is 3.71. The van der Waals surface area contributed by atoms with Crippen molar-refractivity contribution >= 4 is 5.91 Å². The van der Waals surface area contributed by atoms with Gasteiger partial charge in [-0.2, -0.15) is 5.10 Å². The van der Waals surface area contributed by atoms with Gasteiger partial charge in [-0.3, -0.25) is 9.89 Å². The predicted octanol–water partition coefficient (Wildman–Crippen LogP) is 2.85. The number of halogens is 1. The molecule has 1 amide bonds. The van der Waals surface area contributed by atoms with Crippen molar-refractivity contribution in [1.82, 2.24) is 15.5 Å². The number of rotatable bonds is 6. The first-order chi connectivity index (χ1) is 10.9. The lowest BCUT2D eigenvalue weighted by Crippen LogP contribution is -2.39. The normalized spacial score (nSPS) is 13.4. The van der Waals surface area contributed by atoms with Crippen LogP contribution in [0.2, 0.25) is 0 Å². The second-order valence-electron chi connectivity index (χ2n) is 5.74. The standard InChI is InChI=1S/C17H22FN3O2/c1-10(9-23-15-7-5-14(18)6-8-15)19-17(22)11(2)16-12(3)20-21-13(16)4/h5-8,10-11H,9H2,1-4H3,(H,19,22)(H,20,21)/t10-,11-/m1/s1.